The minimum absolute atomic E-state index is 0.0245. The molecule has 2 aromatic rings. The number of amides is 2. The van der Waals surface area contributed by atoms with Gasteiger partial charge in [0.05, 0.1) is 5.69 Å². The lowest BCUT2D eigenvalue weighted by Gasteiger charge is -2.36. The fourth-order valence-electron chi connectivity index (χ4n) is 4.91. The van der Waals surface area contributed by atoms with Gasteiger partial charge in [0.1, 0.15) is 6.04 Å². The zero-order chi connectivity index (χ0) is 22.2. The maximum atomic E-state index is 12.4. The van der Waals surface area contributed by atoms with Gasteiger partial charge < -0.3 is 20.0 Å². The summed E-state index contributed by atoms with van der Waals surface area (Å²) < 4.78 is 0. The van der Waals surface area contributed by atoms with Crippen LogP contribution in [0.5, 0.6) is 0 Å². The molecule has 0 aliphatic carbocycles. The van der Waals surface area contributed by atoms with E-state index in [9.17, 15) is 9.59 Å². The predicted octanol–water partition coefficient (Wildman–Crippen LogP) is 2.03. The van der Waals surface area contributed by atoms with Crippen molar-refractivity contribution >= 4 is 29.0 Å². The first-order valence-corrected chi connectivity index (χ1v) is 11.3. The zero-order valence-corrected chi connectivity index (χ0v) is 18.8. The minimum Gasteiger partial charge on any atom is -0.369 e. The Bertz CT molecular complexity index is 1010. The summed E-state index contributed by atoms with van der Waals surface area (Å²) in [7, 11) is 3.54. The molecule has 32 heavy (non-hydrogen) atoms. The average Bonchev–Trinajstić information content (AvgIpc) is 3.30. The second kappa shape index (κ2) is 8.43. The molecule has 4 heterocycles. The van der Waals surface area contributed by atoms with Crippen molar-refractivity contribution in [1.82, 2.24) is 14.8 Å². The number of hydrogen-bond donors (Lipinski definition) is 1. The Morgan fingerprint density at radius 2 is 1.88 bits per heavy atom. The molecular weight excluding hydrogens is 404 g/mol. The van der Waals surface area contributed by atoms with Crippen LogP contribution in [0.2, 0.25) is 0 Å². The van der Waals surface area contributed by atoms with E-state index in [1.54, 1.807) is 19.0 Å². The summed E-state index contributed by atoms with van der Waals surface area (Å²) in [6, 6.07) is 9.91. The molecule has 0 radical (unpaired) electrons. The maximum Gasteiger partial charge on any atom is 0.253 e. The zero-order valence-electron chi connectivity index (χ0n) is 18.8. The molecule has 0 bridgehead atoms. The molecule has 8 heteroatoms. The number of fused-ring (bicyclic) bond motifs is 3. The van der Waals surface area contributed by atoms with Crippen LogP contribution >= 0.6 is 0 Å². The molecule has 0 unspecified atom stereocenters. The highest BCUT2D eigenvalue weighted by Crippen LogP contribution is 2.35. The fourth-order valence-corrected chi connectivity index (χ4v) is 4.91. The lowest BCUT2D eigenvalue weighted by atomic mass is 10.1. The summed E-state index contributed by atoms with van der Waals surface area (Å²) in [6.07, 6.45) is 3.91. The summed E-state index contributed by atoms with van der Waals surface area (Å²) in [6.45, 7) is 5.51. The van der Waals surface area contributed by atoms with Crippen LogP contribution in [0.15, 0.2) is 36.5 Å². The Labute approximate surface area is 188 Å². The van der Waals surface area contributed by atoms with Crippen LogP contribution < -0.4 is 15.1 Å². The fraction of sp³-hybridized carbons (Fsp3) is 0.458. The summed E-state index contributed by atoms with van der Waals surface area (Å²) in [5.74, 6) is 1.04. The van der Waals surface area contributed by atoms with Crippen molar-refractivity contribution in [2.24, 2.45) is 0 Å². The second-order valence-electron chi connectivity index (χ2n) is 9.07. The van der Waals surface area contributed by atoms with Gasteiger partial charge in [-0.15, -0.1) is 0 Å². The summed E-state index contributed by atoms with van der Waals surface area (Å²) >= 11 is 0. The Hall–Kier alpha value is -3.13. The van der Waals surface area contributed by atoms with Gasteiger partial charge in [-0.25, -0.2) is 4.98 Å². The van der Waals surface area contributed by atoms with E-state index in [0.717, 1.165) is 74.9 Å². The lowest BCUT2D eigenvalue weighted by Crippen LogP contribution is -2.46. The number of piperazine rings is 1. The van der Waals surface area contributed by atoms with Gasteiger partial charge in [-0.2, -0.15) is 0 Å². The van der Waals surface area contributed by atoms with Gasteiger partial charge in [-0.3, -0.25) is 14.5 Å². The van der Waals surface area contributed by atoms with E-state index >= 15 is 0 Å². The van der Waals surface area contributed by atoms with Gasteiger partial charge in [0, 0.05) is 70.8 Å². The van der Waals surface area contributed by atoms with E-state index in [-0.39, 0.29) is 17.9 Å². The van der Waals surface area contributed by atoms with E-state index in [1.165, 1.54) is 0 Å². The number of carbonyl (C=O) groups is 2. The first-order valence-electron chi connectivity index (χ1n) is 11.3. The van der Waals surface area contributed by atoms with Crippen LogP contribution in [0.25, 0.3) is 0 Å². The molecule has 1 N–H and O–H groups in total. The molecule has 1 aromatic carbocycles. The van der Waals surface area contributed by atoms with Crippen molar-refractivity contribution < 1.29 is 9.59 Å². The van der Waals surface area contributed by atoms with Crippen LogP contribution in [0.1, 0.15) is 28.8 Å². The molecule has 168 valence electrons. The number of rotatable bonds is 4. The van der Waals surface area contributed by atoms with Gasteiger partial charge >= 0.3 is 0 Å². The van der Waals surface area contributed by atoms with Crippen LogP contribution in [0.3, 0.4) is 0 Å². The molecule has 0 spiro atoms. The average molecular weight is 435 g/mol. The van der Waals surface area contributed by atoms with Crippen LogP contribution in [0.4, 0.5) is 17.2 Å². The summed E-state index contributed by atoms with van der Waals surface area (Å²) in [5.41, 5.74) is 3.83. The van der Waals surface area contributed by atoms with Crippen LogP contribution in [-0.2, 0) is 11.3 Å². The molecule has 2 saturated heterocycles. The van der Waals surface area contributed by atoms with Crippen molar-refractivity contribution in [3.63, 3.8) is 0 Å². The van der Waals surface area contributed by atoms with Crippen molar-refractivity contribution in [2.45, 2.75) is 25.4 Å². The smallest absolute Gasteiger partial charge is 0.253 e. The third-order valence-electron chi connectivity index (χ3n) is 6.67. The van der Waals surface area contributed by atoms with Gasteiger partial charge in [0.25, 0.3) is 5.91 Å². The minimum atomic E-state index is -0.0519. The van der Waals surface area contributed by atoms with Crippen LogP contribution in [0, 0.1) is 0 Å². The molecule has 3 aliphatic rings. The first kappa shape index (κ1) is 20.8. The Balaban J connectivity index is 1.19. The van der Waals surface area contributed by atoms with E-state index in [4.69, 9.17) is 4.98 Å². The molecule has 2 fully saturated rings. The van der Waals surface area contributed by atoms with Gasteiger partial charge in [-0.1, -0.05) is 0 Å². The molecule has 1 atom stereocenters. The molecule has 1 aromatic heterocycles. The van der Waals surface area contributed by atoms with Gasteiger partial charge in [0.2, 0.25) is 5.91 Å². The third-order valence-corrected chi connectivity index (χ3v) is 6.67. The first-order chi connectivity index (χ1) is 15.5. The van der Waals surface area contributed by atoms with E-state index in [0.29, 0.717) is 5.56 Å². The third kappa shape index (κ3) is 3.90. The number of aromatic nitrogens is 1. The second-order valence-corrected chi connectivity index (χ2v) is 9.07. The number of anilines is 3. The molecular formula is C24H30N6O2. The standard InChI is InChI=1S/C24H30N6O2/c1-27(2)24(32)18-5-7-19(8-6-18)29-12-10-28(11-13-29)16-17-14-20-22(25-15-17)30-9-3-4-21(30)23(31)26-20/h5-8,14-15,21H,3-4,9-13,16H2,1-2H3,(H,26,31)/t21-/m0/s1. The number of pyridine rings is 1. The monoisotopic (exact) mass is 434 g/mol. The topological polar surface area (TPSA) is 72.0 Å². The highest BCUT2D eigenvalue weighted by molar-refractivity contribution is 6.03. The molecule has 8 nitrogen and oxygen atoms in total. The van der Waals surface area contributed by atoms with E-state index in [1.807, 2.05) is 30.5 Å². The van der Waals surface area contributed by atoms with Crippen molar-refractivity contribution in [1.29, 1.82) is 0 Å². The van der Waals surface area contributed by atoms with Crippen molar-refractivity contribution in [3.8, 4) is 0 Å². The van der Waals surface area contributed by atoms with Crippen molar-refractivity contribution in [2.75, 3.05) is 61.9 Å². The largest absolute Gasteiger partial charge is 0.369 e. The van der Waals surface area contributed by atoms with Crippen molar-refractivity contribution in [3.05, 3.63) is 47.7 Å². The summed E-state index contributed by atoms with van der Waals surface area (Å²) in [5, 5.41) is 3.06. The number of nitrogens with zero attached hydrogens (tertiary/aromatic N) is 5. The highest BCUT2D eigenvalue weighted by Gasteiger charge is 2.37. The predicted molar refractivity (Wildman–Crippen MR) is 125 cm³/mol. The number of nitrogens with one attached hydrogen (secondary N) is 1. The molecule has 0 saturated carbocycles. The number of benzene rings is 1. The summed E-state index contributed by atoms with van der Waals surface area (Å²) in [4.78, 5) is 37.7. The Kier molecular flexibility index (Phi) is 5.46. The Morgan fingerprint density at radius 1 is 1.12 bits per heavy atom. The van der Waals surface area contributed by atoms with Gasteiger partial charge in [-0.05, 0) is 48.7 Å². The number of carbonyl (C=O) groups excluding carboxylic acids is 2. The highest BCUT2D eigenvalue weighted by atomic mass is 16.2. The Morgan fingerprint density at radius 3 is 2.59 bits per heavy atom. The normalized spacial score (nSPS) is 20.6. The quantitative estimate of drug-likeness (QED) is 0.794. The van der Waals surface area contributed by atoms with Crippen LogP contribution in [-0.4, -0.2) is 79.5 Å². The van der Waals surface area contributed by atoms with Gasteiger partial charge in [0.15, 0.2) is 5.82 Å². The molecule has 2 amide bonds. The van der Waals surface area contributed by atoms with E-state index in [2.05, 4.69) is 26.1 Å². The molecule has 5 rings (SSSR count). The number of hydrogen-bond acceptors (Lipinski definition) is 6. The SMILES string of the molecule is CN(C)C(=O)c1ccc(N2CCN(Cc3cnc4c(c3)NC(=O)[C@@H]3CCCN43)CC2)cc1. The maximum absolute atomic E-state index is 12.4. The van der Waals surface area contributed by atoms with E-state index < -0.39 is 0 Å². The lowest BCUT2D eigenvalue weighted by molar-refractivity contribution is -0.117. The molecule has 3 aliphatic heterocycles.